The Balaban J connectivity index is 1.67. The standard InChI is InChI=1S/C19H19N5O/c1-14-9-15(2)24(23-14)13-16-5-3-7-18(10-16)19(25)22-21-12-17-6-4-8-20-11-17/h3-12H,13H2,1-2H3,(H,22,25). The van der Waals surface area contributed by atoms with Crippen LogP contribution in [-0.4, -0.2) is 26.9 Å². The number of aromatic nitrogens is 3. The van der Waals surface area contributed by atoms with E-state index in [2.05, 4.69) is 20.6 Å². The molecule has 0 fully saturated rings. The van der Waals surface area contributed by atoms with Crippen molar-refractivity contribution in [1.29, 1.82) is 0 Å². The highest BCUT2D eigenvalue weighted by atomic mass is 16.2. The molecule has 0 atom stereocenters. The van der Waals surface area contributed by atoms with E-state index in [-0.39, 0.29) is 5.91 Å². The molecular formula is C19H19N5O. The summed E-state index contributed by atoms with van der Waals surface area (Å²) in [6.07, 6.45) is 4.92. The fourth-order valence-corrected chi connectivity index (χ4v) is 2.50. The van der Waals surface area contributed by atoms with Gasteiger partial charge in [-0.3, -0.25) is 14.5 Å². The van der Waals surface area contributed by atoms with Crippen LogP contribution in [0.15, 0.2) is 60.0 Å². The fourth-order valence-electron chi connectivity index (χ4n) is 2.50. The Kier molecular flexibility index (Phi) is 4.99. The Morgan fingerprint density at radius 3 is 2.84 bits per heavy atom. The lowest BCUT2D eigenvalue weighted by Crippen LogP contribution is -2.18. The van der Waals surface area contributed by atoms with Crippen LogP contribution in [0.4, 0.5) is 0 Å². The zero-order chi connectivity index (χ0) is 17.6. The Bertz CT molecular complexity index is 899. The number of amides is 1. The number of hydrogen-bond acceptors (Lipinski definition) is 4. The van der Waals surface area contributed by atoms with E-state index in [1.165, 1.54) is 0 Å². The second-order valence-corrected chi connectivity index (χ2v) is 5.77. The van der Waals surface area contributed by atoms with Crippen molar-refractivity contribution in [1.82, 2.24) is 20.2 Å². The van der Waals surface area contributed by atoms with E-state index in [0.29, 0.717) is 12.1 Å². The minimum Gasteiger partial charge on any atom is -0.267 e. The molecule has 0 saturated heterocycles. The second-order valence-electron chi connectivity index (χ2n) is 5.77. The third kappa shape index (κ3) is 4.38. The van der Waals surface area contributed by atoms with Crippen LogP contribution in [0.2, 0.25) is 0 Å². The number of nitrogens with one attached hydrogen (secondary N) is 1. The molecule has 0 saturated carbocycles. The average molecular weight is 333 g/mol. The van der Waals surface area contributed by atoms with Crippen LogP contribution in [0.25, 0.3) is 0 Å². The van der Waals surface area contributed by atoms with Crippen molar-refractivity contribution < 1.29 is 4.79 Å². The molecule has 2 aromatic heterocycles. The number of nitrogens with zero attached hydrogens (tertiary/aromatic N) is 4. The first-order valence-corrected chi connectivity index (χ1v) is 7.95. The van der Waals surface area contributed by atoms with Gasteiger partial charge in [0.2, 0.25) is 0 Å². The number of hydrazone groups is 1. The van der Waals surface area contributed by atoms with E-state index in [4.69, 9.17) is 0 Å². The lowest BCUT2D eigenvalue weighted by molar-refractivity contribution is 0.0955. The van der Waals surface area contributed by atoms with Crippen molar-refractivity contribution in [3.05, 3.63) is 82.9 Å². The lowest BCUT2D eigenvalue weighted by atomic mass is 10.1. The Morgan fingerprint density at radius 2 is 2.12 bits per heavy atom. The molecule has 6 heteroatoms. The first-order chi connectivity index (χ1) is 12.1. The molecule has 1 aromatic carbocycles. The van der Waals surface area contributed by atoms with E-state index < -0.39 is 0 Å². The van der Waals surface area contributed by atoms with E-state index in [9.17, 15) is 4.79 Å². The molecule has 6 nitrogen and oxygen atoms in total. The van der Waals surface area contributed by atoms with Crippen LogP contribution in [-0.2, 0) is 6.54 Å². The predicted molar refractivity (Wildman–Crippen MR) is 96.5 cm³/mol. The first-order valence-electron chi connectivity index (χ1n) is 7.95. The van der Waals surface area contributed by atoms with E-state index >= 15 is 0 Å². The highest BCUT2D eigenvalue weighted by molar-refractivity contribution is 5.95. The van der Waals surface area contributed by atoms with Crippen LogP contribution in [0.5, 0.6) is 0 Å². The van der Waals surface area contributed by atoms with Gasteiger partial charge >= 0.3 is 0 Å². The quantitative estimate of drug-likeness (QED) is 0.576. The van der Waals surface area contributed by atoms with Gasteiger partial charge in [-0.2, -0.15) is 10.2 Å². The Hall–Kier alpha value is -3.28. The van der Waals surface area contributed by atoms with Crippen molar-refractivity contribution in [2.45, 2.75) is 20.4 Å². The molecule has 2 heterocycles. The third-order valence-corrected chi connectivity index (χ3v) is 3.69. The average Bonchev–Trinajstić information content (AvgIpc) is 2.93. The summed E-state index contributed by atoms with van der Waals surface area (Å²) in [6.45, 7) is 4.61. The predicted octanol–water partition coefficient (Wildman–Crippen LogP) is 2.71. The summed E-state index contributed by atoms with van der Waals surface area (Å²) < 4.78 is 1.92. The molecule has 0 aliphatic carbocycles. The summed E-state index contributed by atoms with van der Waals surface area (Å²) in [4.78, 5) is 16.2. The molecule has 0 aliphatic heterocycles. The normalized spacial score (nSPS) is 11.0. The highest BCUT2D eigenvalue weighted by Crippen LogP contribution is 2.10. The molecular weight excluding hydrogens is 314 g/mol. The van der Waals surface area contributed by atoms with Crippen LogP contribution in [0.1, 0.15) is 32.9 Å². The van der Waals surface area contributed by atoms with Gasteiger partial charge in [0.1, 0.15) is 0 Å². The van der Waals surface area contributed by atoms with E-state index in [1.807, 2.05) is 54.9 Å². The fraction of sp³-hybridized carbons (Fsp3) is 0.158. The van der Waals surface area contributed by atoms with Gasteiger partial charge in [0.25, 0.3) is 5.91 Å². The van der Waals surface area contributed by atoms with Crippen molar-refractivity contribution in [3.8, 4) is 0 Å². The van der Waals surface area contributed by atoms with Gasteiger partial charge in [-0.05, 0) is 43.7 Å². The molecule has 1 N–H and O–H groups in total. The van der Waals surface area contributed by atoms with Gasteiger partial charge in [0.05, 0.1) is 18.5 Å². The Morgan fingerprint density at radius 1 is 1.24 bits per heavy atom. The van der Waals surface area contributed by atoms with Gasteiger partial charge in [-0.15, -0.1) is 0 Å². The zero-order valence-electron chi connectivity index (χ0n) is 14.2. The number of carbonyl (C=O) groups excluding carboxylic acids is 1. The van der Waals surface area contributed by atoms with Crippen molar-refractivity contribution in [2.75, 3.05) is 0 Å². The number of rotatable bonds is 5. The summed E-state index contributed by atoms with van der Waals surface area (Å²) in [7, 11) is 0. The second kappa shape index (κ2) is 7.53. The smallest absolute Gasteiger partial charge is 0.267 e. The van der Waals surface area contributed by atoms with Crippen molar-refractivity contribution in [3.63, 3.8) is 0 Å². The molecule has 1 amide bonds. The van der Waals surface area contributed by atoms with Crippen LogP contribution in [0.3, 0.4) is 0 Å². The van der Waals surface area contributed by atoms with E-state index in [0.717, 1.165) is 22.5 Å². The molecule has 0 spiro atoms. The summed E-state index contributed by atoms with van der Waals surface area (Å²) in [5, 5.41) is 8.42. The number of aryl methyl sites for hydroxylation is 2. The van der Waals surface area contributed by atoms with Gasteiger partial charge in [-0.25, -0.2) is 5.43 Å². The number of benzene rings is 1. The molecule has 0 radical (unpaired) electrons. The summed E-state index contributed by atoms with van der Waals surface area (Å²) in [5.74, 6) is -0.254. The van der Waals surface area contributed by atoms with Crippen molar-refractivity contribution >= 4 is 12.1 Å². The molecule has 126 valence electrons. The van der Waals surface area contributed by atoms with Gasteiger partial charge < -0.3 is 0 Å². The van der Waals surface area contributed by atoms with Crippen LogP contribution in [0, 0.1) is 13.8 Å². The number of hydrogen-bond donors (Lipinski definition) is 1. The maximum atomic E-state index is 12.2. The highest BCUT2D eigenvalue weighted by Gasteiger charge is 2.07. The minimum atomic E-state index is -0.254. The Labute approximate surface area is 146 Å². The topological polar surface area (TPSA) is 72.2 Å². The molecule has 0 aliphatic rings. The molecule has 25 heavy (non-hydrogen) atoms. The van der Waals surface area contributed by atoms with E-state index in [1.54, 1.807) is 24.7 Å². The van der Waals surface area contributed by atoms with Gasteiger partial charge in [-0.1, -0.05) is 18.2 Å². The zero-order valence-corrected chi connectivity index (χ0v) is 14.2. The summed E-state index contributed by atoms with van der Waals surface area (Å²) in [5.41, 5.74) is 7.00. The monoisotopic (exact) mass is 333 g/mol. The first kappa shape index (κ1) is 16.6. The number of pyridine rings is 1. The van der Waals surface area contributed by atoms with Crippen LogP contribution < -0.4 is 5.43 Å². The molecule has 0 unspecified atom stereocenters. The molecule has 0 bridgehead atoms. The summed E-state index contributed by atoms with van der Waals surface area (Å²) >= 11 is 0. The largest absolute Gasteiger partial charge is 0.271 e. The molecule has 3 rings (SSSR count). The molecule has 3 aromatic rings. The lowest BCUT2D eigenvalue weighted by Gasteiger charge is -2.06. The van der Waals surface area contributed by atoms with Gasteiger partial charge in [0, 0.05) is 29.2 Å². The minimum absolute atomic E-state index is 0.254. The maximum absolute atomic E-state index is 12.2. The third-order valence-electron chi connectivity index (χ3n) is 3.69. The van der Waals surface area contributed by atoms with Crippen LogP contribution >= 0.6 is 0 Å². The number of carbonyl (C=O) groups is 1. The summed E-state index contributed by atoms with van der Waals surface area (Å²) in [6, 6.07) is 13.2. The van der Waals surface area contributed by atoms with Crippen molar-refractivity contribution in [2.24, 2.45) is 5.10 Å². The van der Waals surface area contributed by atoms with Gasteiger partial charge in [0.15, 0.2) is 0 Å². The maximum Gasteiger partial charge on any atom is 0.271 e. The SMILES string of the molecule is Cc1cc(C)n(Cc2cccc(C(=O)NN=Cc3cccnc3)c2)n1.